The number of nitrogens with zero attached hydrogens (tertiary/aromatic N) is 1. The van der Waals surface area contributed by atoms with Gasteiger partial charge in [-0.25, -0.2) is 0 Å². The quantitative estimate of drug-likeness (QED) is 0.844. The van der Waals surface area contributed by atoms with Gasteiger partial charge in [-0.05, 0) is 32.0 Å². The summed E-state index contributed by atoms with van der Waals surface area (Å²) in [5.74, 6) is -0.147. The Labute approximate surface area is 94.3 Å². The number of aromatic hydroxyl groups is 1. The van der Waals surface area contributed by atoms with Gasteiger partial charge in [0, 0.05) is 13.1 Å². The minimum Gasteiger partial charge on any atom is -0.508 e. The summed E-state index contributed by atoms with van der Waals surface area (Å²) >= 11 is 5.88. The Morgan fingerprint density at radius 1 is 1.47 bits per heavy atom. The standard InChI is InChI=1S/C11H14ClNO2/c1-7(2)13(3)11(15)9-6-8(14)4-5-10(9)12/h4-7,14H,1-3H3. The number of carbonyl (C=O) groups is 1. The number of carbonyl (C=O) groups excluding carboxylic acids is 1. The lowest BCUT2D eigenvalue weighted by Crippen LogP contribution is -2.33. The van der Waals surface area contributed by atoms with Crippen LogP contribution in [0.1, 0.15) is 24.2 Å². The van der Waals surface area contributed by atoms with Crippen LogP contribution >= 0.6 is 11.6 Å². The number of hydrogen-bond donors (Lipinski definition) is 1. The van der Waals surface area contributed by atoms with Gasteiger partial charge in [0.05, 0.1) is 10.6 Å². The molecule has 0 spiro atoms. The molecule has 3 nitrogen and oxygen atoms in total. The summed E-state index contributed by atoms with van der Waals surface area (Å²) < 4.78 is 0. The van der Waals surface area contributed by atoms with E-state index in [-0.39, 0.29) is 17.7 Å². The molecule has 0 fully saturated rings. The van der Waals surface area contributed by atoms with Crippen LogP contribution in [0.25, 0.3) is 0 Å². The highest BCUT2D eigenvalue weighted by Crippen LogP contribution is 2.22. The molecule has 82 valence electrons. The highest BCUT2D eigenvalue weighted by Gasteiger charge is 2.17. The zero-order valence-corrected chi connectivity index (χ0v) is 9.75. The Balaban J connectivity index is 3.05. The fraction of sp³-hybridized carbons (Fsp3) is 0.364. The van der Waals surface area contributed by atoms with Crippen molar-refractivity contribution in [3.05, 3.63) is 28.8 Å². The molecule has 1 rings (SSSR count). The van der Waals surface area contributed by atoms with E-state index in [0.717, 1.165) is 0 Å². The van der Waals surface area contributed by atoms with Crippen LogP contribution in [0.15, 0.2) is 18.2 Å². The van der Waals surface area contributed by atoms with E-state index >= 15 is 0 Å². The Kier molecular flexibility index (Phi) is 3.58. The molecule has 1 amide bonds. The van der Waals surface area contributed by atoms with E-state index in [4.69, 9.17) is 11.6 Å². The molecule has 4 heteroatoms. The Hall–Kier alpha value is -1.22. The third-order valence-corrected chi connectivity index (χ3v) is 2.60. The molecule has 0 unspecified atom stereocenters. The first-order valence-electron chi connectivity index (χ1n) is 4.69. The monoisotopic (exact) mass is 227 g/mol. The van der Waals surface area contributed by atoms with Gasteiger partial charge in [0.15, 0.2) is 0 Å². The van der Waals surface area contributed by atoms with E-state index in [0.29, 0.717) is 10.6 Å². The predicted octanol–water partition coefficient (Wildman–Crippen LogP) is 2.53. The first-order valence-corrected chi connectivity index (χ1v) is 5.07. The highest BCUT2D eigenvalue weighted by molar-refractivity contribution is 6.33. The third-order valence-electron chi connectivity index (χ3n) is 2.28. The van der Waals surface area contributed by atoms with Crippen LogP contribution in [-0.4, -0.2) is 29.0 Å². The van der Waals surface area contributed by atoms with Crippen molar-refractivity contribution >= 4 is 17.5 Å². The number of amides is 1. The van der Waals surface area contributed by atoms with Gasteiger partial charge in [-0.2, -0.15) is 0 Å². The molecule has 0 heterocycles. The topological polar surface area (TPSA) is 40.5 Å². The van der Waals surface area contributed by atoms with Gasteiger partial charge >= 0.3 is 0 Å². The third kappa shape index (κ3) is 2.63. The van der Waals surface area contributed by atoms with Crippen LogP contribution in [0, 0.1) is 0 Å². The van der Waals surface area contributed by atoms with E-state index in [1.165, 1.54) is 18.2 Å². The fourth-order valence-electron chi connectivity index (χ4n) is 1.10. The summed E-state index contributed by atoms with van der Waals surface area (Å²) in [6.07, 6.45) is 0. The molecule has 0 radical (unpaired) electrons. The van der Waals surface area contributed by atoms with Crippen molar-refractivity contribution in [3.63, 3.8) is 0 Å². The van der Waals surface area contributed by atoms with Crippen LogP contribution in [0.5, 0.6) is 5.75 Å². The number of halogens is 1. The minimum absolute atomic E-state index is 0.0416. The average Bonchev–Trinajstić information content (AvgIpc) is 2.19. The summed E-state index contributed by atoms with van der Waals surface area (Å²) in [6, 6.07) is 4.44. The van der Waals surface area contributed by atoms with Crippen LogP contribution in [0.2, 0.25) is 5.02 Å². The van der Waals surface area contributed by atoms with Crippen LogP contribution < -0.4 is 0 Å². The molecule has 1 N–H and O–H groups in total. The van der Waals surface area contributed by atoms with Crippen LogP contribution in [0.4, 0.5) is 0 Å². The molecule has 0 saturated heterocycles. The molecule has 0 aliphatic carbocycles. The van der Waals surface area contributed by atoms with Crippen molar-refractivity contribution in [2.24, 2.45) is 0 Å². The Morgan fingerprint density at radius 3 is 2.60 bits per heavy atom. The summed E-state index contributed by atoms with van der Waals surface area (Å²) in [7, 11) is 1.70. The second-order valence-corrected chi connectivity index (χ2v) is 4.08. The van der Waals surface area contributed by atoms with Gasteiger partial charge in [0.2, 0.25) is 0 Å². The normalized spacial score (nSPS) is 10.5. The molecule has 0 aromatic heterocycles. The number of phenolic OH excluding ortho intramolecular Hbond substituents is 1. The Bertz CT molecular complexity index is 377. The number of rotatable bonds is 2. The average molecular weight is 228 g/mol. The van der Waals surface area contributed by atoms with Crippen molar-refractivity contribution in [1.82, 2.24) is 4.90 Å². The van der Waals surface area contributed by atoms with Gasteiger partial charge in [0.25, 0.3) is 5.91 Å². The van der Waals surface area contributed by atoms with E-state index in [1.807, 2.05) is 13.8 Å². The molecular weight excluding hydrogens is 214 g/mol. The highest BCUT2D eigenvalue weighted by atomic mass is 35.5. The molecular formula is C11H14ClNO2. The van der Waals surface area contributed by atoms with Gasteiger partial charge < -0.3 is 10.0 Å². The first-order chi connectivity index (χ1) is 6.93. The maximum atomic E-state index is 11.9. The second-order valence-electron chi connectivity index (χ2n) is 3.67. The molecule has 0 aliphatic heterocycles. The largest absolute Gasteiger partial charge is 0.508 e. The number of hydrogen-bond acceptors (Lipinski definition) is 2. The van der Waals surface area contributed by atoms with Crippen molar-refractivity contribution < 1.29 is 9.90 Å². The van der Waals surface area contributed by atoms with Crippen LogP contribution in [-0.2, 0) is 0 Å². The molecule has 0 aliphatic rings. The molecule has 1 aromatic carbocycles. The van der Waals surface area contributed by atoms with Gasteiger partial charge in [-0.1, -0.05) is 11.6 Å². The van der Waals surface area contributed by atoms with E-state index in [1.54, 1.807) is 11.9 Å². The SMILES string of the molecule is CC(C)N(C)C(=O)c1cc(O)ccc1Cl. The lowest BCUT2D eigenvalue weighted by Gasteiger charge is -2.21. The second kappa shape index (κ2) is 4.53. The van der Waals surface area contributed by atoms with Gasteiger partial charge in [-0.15, -0.1) is 0 Å². The lowest BCUT2D eigenvalue weighted by atomic mass is 10.1. The summed E-state index contributed by atoms with van der Waals surface area (Å²) in [4.78, 5) is 13.5. The molecule has 0 saturated carbocycles. The summed E-state index contributed by atoms with van der Waals surface area (Å²) in [5, 5.41) is 9.63. The van der Waals surface area contributed by atoms with E-state index in [9.17, 15) is 9.90 Å². The lowest BCUT2D eigenvalue weighted by molar-refractivity contribution is 0.0754. The maximum absolute atomic E-state index is 11.9. The molecule has 1 aromatic rings. The number of phenols is 1. The molecule has 0 atom stereocenters. The maximum Gasteiger partial charge on any atom is 0.255 e. The summed E-state index contributed by atoms with van der Waals surface area (Å²) in [5.41, 5.74) is 0.327. The predicted molar refractivity (Wildman–Crippen MR) is 60.3 cm³/mol. The molecule has 15 heavy (non-hydrogen) atoms. The van der Waals surface area contributed by atoms with Gasteiger partial charge in [-0.3, -0.25) is 4.79 Å². The molecule has 0 bridgehead atoms. The number of benzene rings is 1. The Morgan fingerprint density at radius 2 is 2.07 bits per heavy atom. The fourth-order valence-corrected chi connectivity index (χ4v) is 1.30. The van der Waals surface area contributed by atoms with Crippen molar-refractivity contribution in [1.29, 1.82) is 0 Å². The van der Waals surface area contributed by atoms with Crippen molar-refractivity contribution in [3.8, 4) is 5.75 Å². The van der Waals surface area contributed by atoms with E-state index < -0.39 is 0 Å². The smallest absolute Gasteiger partial charge is 0.255 e. The summed E-state index contributed by atoms with van der Waals surface area (Å²) in [6.45, 7) is 3.82. The zero-order valence-electron chi connectivity index (χ0n) is 8.99. The first kappa shape index (κ1) is 11.9. The van der Waals surface area contributed by atoms with E-state index in [2.05, 4.69) is 0 Å². The minimum atomic E-state index is -0.189. The van der Waals surface area contributed by atoms with Crippen molar-refractivity contribution in [2.75, 3.05) is 7.05 Å². The van der Waals surface area contributed by atoms with Crippen molar-refractivity contribution in [2.45, 2.75) is 19.9 Å². The van der Waals surface area contributed by atoms with Crippen LogP contribution in [0.3, 0.4) is 0 Å². The zero-order chi connectivity index (χ0) is 11.6. The van der Waals surface area contributed by atoms with Gasteiger partial charge in [0.1, 0.15) is 5.75 Å².